The van der Waals surface area contributed by atoms with Crippen molar-refractivity contribution in [3.05, 3.63) is 35.4 Å². The summed E-state index contributed by atoms with van der Waals surface area (Å²) in [6.45, 7) is 4.11. The maximum Gasteiger partial charge on any atom is 0.0419 e. The van der Waals surface area contributed by atoms with Crippen molar-refractivity contribution in [1.82, 2.24) is 0 Å². The van der Waals surface area contributed by atoms with Crippen LogP contribution in [0.1, 0.15) is 25.0 Å². The molecule has 12 heavy (non-hydrogen) atoms. The molecule has 0 aliphatic heterocycles. The lowest BCUT2D eigenvalue weighted by atomic mass is 10.1. The van der Waals surface area contributed by atoms with Crippen molar-refractivity contribution in [2.45, 2.75) is 20.3 Å². The number of benzene rings is 1. The molecule has 1 heteroatoms. The van der Waals surface area contributed by atoms with Crippen molar-refractivity contribution in [3.8, 4) is 0 Å². The van der Waals surface area contributed by atoms with Crippen LogP contribution in [0.3, 0.4) is 0 Å². The Morgan fingerprint density at radius 1 is 1.42 bits per heavy atom. The minimum Gasteiger partial charge on any atom is -0.398 e. The number of nitrogen functional groups attached to an aromatic ring is 1. The van der Waals surface area contributed by atoms with E-state index in [1.165, 1.54) is 5.56 Å². The third-order valence-electron chi connectivity index (χ3n) is 1.96. The number of nitrogens with two attached hydrogens (primary N) is 1. The highest BCUT2D eigenvalue weighted by atomic mass is 14.6. The van der Waals surface area contributed by atoms with Crippen LogP contribution < -0.4 is 5.73 Å². The molecule has 64 valence electrons. The van der Waals surface area contributed by atoms with Crippen LogP contribution in [0, 0.1) is 0 Å². The van der Waals surface area contributed by atoms with Crippen molar-refractivity contribution in [2.75, 3.05) is 5.73 Å². The summed E-state index contributed by atoms with van der Waals surface area (Å²) >= 11 is 0. The fraction of sp³-hybridized carbons (Fsp3) is 0.273. The predicted octanol–water partition coefficient (Wildman–Crippen LogP) is 2.86. The Labute approximate surface area is 73.9 Å². The van der Waals surface area contributed by atoms with E-state index in [4.69, 9.17) is 5.73 Å². The number of rotatable bonds is 2. The molecule has 0 bridgehead atoms. The zero-order valence-corrected chi connectivity index (χ0v) is 7.67. The lowest BCUT2D eigenvalue weighted by Crippen LogP contribution is -1.95. The summed E-state index contributed by atoms with van der Waals surface area (Å²) < 4.78 is 0. The van der Waals surface area contributed by atoms with Gasteiger partial charge in [0.1, 0.15) is 0 Å². The van der Waals surface area contributed by atoms with Crippen LogP contribution >= 0.6 is 0 Å². The summed E-state index contributed by atoms with van der Waals surface area (Å²) in [5.74, 6) is 0. The molecule has 0 saturated heterocycles. The molecule has 1 rings (SSSR count). The Bertz CT molecular complexity index is 287. The van der Waals surface area contributed by atoms with Crippen LogP contribution in [0.5, 0.6) is 0 Å². The third-order valence-corrected chi connectivity index (χ3v) is 1.96. The van der Waals surface area contributed by atoms with Crippen molar-refractivity contribution >= 4 is 11.8 Å². The standard InChI is InChI=1S/C11H15N/c1-3-6-10-8-5-7-9(4-2)11(10)12/h3,5-8H,4,12H2,1-2H3/b6-3+. The SMILES string of the molecule is C/C=C/c1cccc(CC)c1N. The van der Waals surface area contributed by atoms with E-state index in [1.807, 2.05) is 31.2 Å². The number of aryl methyl sites for hydroxylation is 1. The molecular weight excluding hydrogens is 146 g/mol. The monoisotopic (exact) mass is 161 g/mol. The maximum atomic E-state index is 5.93. The zero-order valence-electron chi connectivity index (χ0n) is 7.67. The molecule has 0 aliphatic rings. The van der Waals surface area contributed by atoms with Gasteiger partial charge in [-0.2, -0.15) is 0 Å². The Morgan fingerprint density at radius 3 is 2.75 bits per heavy atom. The van der Waals surface area contributed by atoms with Crippen molar-refractivity contribution < 1.29 is 0 Å². The fourth-order valence-corrected chi connectivity index (χ4v) is 1.27. The first kappa shape index (κ1) is 8.85. The summed E-state index contributed by atoms with van der Waals surface area (Å²) in [7, 11) is 0. The smallest absolute Gasteiger partial charge is 0.0419 e. The van der Waals surface area contributed by atoms with E-state index in [0.717, 1.165) is 17.7 Å². The quantitative estimate of drug-likeness (QED) is 0.663. The molecule has 2 N–H and O–H groups in total. The van der Waals surface area contributed by atoms with Gasteiger partial charge in [-0.05, 0) is 24.5 Å². The molecule has 0 radical (unpaired) electrons. The topological polar surface area (TPSA) is 26.0 Å². The minimum absolute atomic E-state index is 0.915. The lowest BCUT2D eigenvalue weighted by Gasteiger charge is -2.05. The molecule has 0 saturated carbocycles. The van der Waals surface area contributed by atoms with E-state index < -0.39 is 0 Å². The van der Waals surface area contributed by atoms with Crippen LogP contribution in [0.2, 0.25) is 0 Å². The van der Waals surface area contributed by atoms with Crippen LogP contribution in [0.15, 0.2) is 24.3 Å². The van der Waals surface area contributed by atoms with E-state index in [9.17, 15) is 0 Å². The van der Waals surface area contributed by atoms with Gasteiger partial charge in [-0.25, -0.2) is 0 Å². The minimum atomic E-state index is 0.915. The molecule has 0 aromatic heterocycles. The van der Waals surface area contributed by atoms with Crippen molar-refractivity contribution in [3.63, 3.8) is 0 Å². The lowest BCUT2D eigenvalue weighted by molar-refractivity contribution is 1.14. The van der Waals surface area contributed by atoms with E-state index in [-0.39, 0.29) is 0 Å². The van der Waals surface area contributed by atoms with E-state index in [1.54, 1.807) is 0 Å². The van der Waals surface area contributed by atoms with Gasteiger partial charge in [0, 0.05) is 5.69 Å². The second-order valence-corrected chi connectivity index (χ2v) is 2.77. The number of hydrogen-bond donors (Lipinski definition) is 1. The maximum absolute atomic E-state index is 5.93. The third kappa shape index (κ3) is 1.67. The van der Waals surface area contributed by atoms with Gasteiger partial charge >= 0.3 is 0 Å². The van der Waals surface area contributed by atoms with Gasteiger partial charge in [-0.3, -0.25) is 0 Å². The van der Waals surface area contributed by atoms with Crippen LogP contribution in [0.25, 0.3) is 6.08 Å². The Kier molecular flexibility index (Phi) is 2.92. The molecule has 0 heterocycles. The molecule has 0 fully saturated rings. The highest BCUT2D eigenvalue weighted by Crippen LogP contribution is 2.18. The first-order valence-electron chi connectivity index (χ1n) is 4.29. The first-order chi connectivity index (χ1) is 5.79. The number of allylic oxidation sites excluding steroid dienone is 1. The van der Waals surface area contributed by atoms with Gasteiger partial charge in [0.15, 0.2) is 0 Å². The average molecular weight is 161 g/mol. The van der Waals surface area contributed by atoms with Crippen LogP contribution in [-0.2, 0) is 6.42 Å². The van der Waals surface area contributed by atoms with Gasteiger partial charge < -0.3 is 5.73 Å². The molecule has 0 atom stereocenters. The van der Waals surface area contributed by atoms with Crippen LogP contribution in [0.4, 0.5) is 5.69 Å². The first-order valence-corrected chi connectivity index (χ1v) is 4.29. The molecule has 0 amide bonds. The predicted molar refractivity (Wildman–Crippen MR) is 54.9 cm³/mol. The van der Waals surface area contributed by atoms with Crippen molar-refractivity contribution in [1.29, 1.82) is 0 Å². The number of para-hydroxylation sites is 1. The van der Waals surface area contributed by atoms with Crippen LogP contribution in [-0.4, -0.2) is 0 Å². The van der Waals surface area contributed by atoms with Gasteiger partial charge in [0.25, 0.3) is 0 Å². The largest absolute Gasteiger partial charge is 0.398 e. The summed E-state index contributed by atoms with van der Waals surface area (Å²) in [4.78, 5) is 0. The van der Waals surface area contributed by atoms with Gasteiger partial charge in [0.2, 0.25) is 0 Å². The summed E-state index contributed by atoms with van der Waals surface area (Å²) in [6.07, 6.45) is 5.04. The molecule has 1 nitrogen and oxygen atoms in total. The van der Waals surface area contributed by atoms with Crippen molar-refractivity contribution in [2.24, 2.45) is 0 Å². The fourth-order valence-electron chi connectivity index (χ4n) is 1.27. The molecule has 1 aromatic carbocycles. The molecule has 0 spiro atoms. The molecular formula is C11H15N. The van der Waals surface area contributed by atoms with E-state index in [0.29, 0.717) is 0 Å². The summed E-state index contributed by atoms with van der Waals surface area (Å²) in [6, 6.07) is 6.15. The van der Waals surface area contributed by atoms with Gasteiger partial charge in [-0.15, -0.1) is 0 Å². The van der Waals surface area contributed by atoms with Gasteiger partial charge in [-0.1, -0.05) is 37.3 Å². The van der Waals surface area contributed by atoms with E-state index in [2.05, 4.69) is 13.0 Å². The molecule has 0 unspecified atom stereocenters. The Balaban J connectivity index is 3.13. The zero-order chi connectivity index (χ0) is 8.97. The highest BCUT2D eigenvalue weighted by molar-refractivity contribution is 5.67. The second-order valence-electron chi connectivity index (χ2n) is 2.77. The Morgan fingerprint density at radius 2 is 2.17 bits per heavy atom. The van der Waals surface area contributed by atoms with E-state index >= 15 is 0 Å². The summed E-state index contributed by atoms with van der Waals surface area (Å²) in [5, 5.41) is 0. The summed E-state index contributed by atoms with van der Waals surface area (Å²) in [5.41, 5.74) is 9.19. The normalized spacial score (nSPS) is 10.8. The Hall–Kier alpha value is -1.24. The number of hydrogen-bond acceptors (Lipinski definition) is 1. The second kappa shape index (κ2) is 3.96. The number of anilines is 1. The molecule has 0 aliphatic carbocycles. The average Bonchev–Trinajstić information content (AvgIpc) is 2.09. The van der Waals surface area contributed by atoms with Gasteiger partial charge in [0.05, 0.1) is 0 Å². The highest BCUT2D eigenvalue weighted by Gasteiger charge is 1.98. The molecule has 1 aromatic rings.